The summed E-state index contributed by atoms with van der Waals surface area (Å²) in [6.07, 6.45) is 3.17. The summed E-state index contributed by atoms with van der Waals surface area (Å²) in [6.45, 7) is 1.90. The molecule has 0 bridgehead atoms. The highest BCUT2D eigenvalue weighted by Crippen LogP contribution is 2.15. The van der Waals surface area contributed by atoms with Gasteiger partial charge in [-0.15, -0.1) is 0 Å². The van der Waals surface area contributed by atoms with Crippen molar-refractivity contribution in [1.29, 1.82) is 0 Å². The number of rotatable bonds is 6. The molecule has 2 rings (SSSR count). The molecule has 0 radical (unpaired) electrons. The predicted molar refractivity (Wildman–Crippen MR) is 86.5 cm³/mol. The van der Waals surface area contributed by atoms with Gasteiger partial charge in [0.2, 0.25) is 0 Å². The van der Waals surface area contributed by atoms with Gasteiger partial charge in [0, 0.05) is 31.0 Å². The number of carbonyl (C=O) groups excluding carboxylic acids is 2. The highest BCUT2D eigenvalue weighted by atomic mass is 19.2. The van der Waals surface area contributed by atoms with Gasteiger partial charge in [-0.1, -0.05) is 6.92 Å². The van der Waals surface area contributed by atoms with E-state index in [1.165, 1.54) is 18.1 Å². The van der Waals surface area contributed by atoms with Crippen molar-refractivity contribution in [2.24, 2.45) is 5.92 Å². The van der Waals surface area contributed by atoms with Gasteiger partial charge >= 0.3 is 5.97 Å². The predicted octanol–water partition coefficient (Wildman–Crippen LogP) is 2.81. The van der Waals surface area contributed by atoms with Crippen LogP contribution in [0.5, 0.6) is 0 Å². The van der Waals surface area contributed by atoms with Crippen LogP contribution in [0, 0.1) is 17.6 Å². The van der Waals surface area contributed by atoms with Crippen molar-refractivity contribution in [1.82, 2.24) is 9.88 Å². The van der Waals surface area contributed by atoms with Crippen molar-refractivity contribution < 1.29 is 23.1 Å². The van der Waals surface area contributed by atoms with E-state index >= 15 is 0 Å². The average molecular weight is 348 g/mol. The number of nitrogens with zero attached hydrogens (tertiary/aromatic N) is 2. The largest absolute Gasteiger partial charge is 0.469 e. The SMILES string of the molecule is COC(=O)C(C)CN(Cc1ccncc1)C(=O)c1ccc(F)c(F)c1. The van der Waals surface area contributed by atoms with Crippen molar-refractivity contribution in [3.8, 4) is 0 Å². The Kier molecular flexibility index (Phi) is 6.16. The number of halogens is 2. The second-order valence-corrected chi connectivity index (χ2v) is 5.59. The van der Waals surface area contributed by atoms with E-state index in [1.807, 2.05) is 0 Å². The molecular weight excluding hydrogens is 330 g/mol. The zero-order chi connectivity index (χ0) is 18.4. The lowest BCUT2D eigenvalue weighted by Crippen LogP contribution is -2.37. The highest BCUT2D eigenvalue weighted by molar-refractivity contribution is 5.94. The minimum absolute atomic E-state index is 0.00465. The lowest BCUT2D eigenvalue weighted by molar-refractivity contribution is -0.145. The molecule has 1 unspecified atom stereocenters. The summed E-state index contributed by atoms with van der Waals surface area (Å²) in [5.74, 6) is -3.67. The highest BCUT2D eigenvalue weighted by Gasteiger charge is 2.23. The zero-order valence-electron chi connectivity index (χ0n) is 13.9. The number of esters is 1. The van der Waals surface area contributed by atoms with E-state index in [4.69, 9.17) is 0 Å². The number of ether oxygens (including phenoxy) is 1. The first-order valence-corrected chi connectivity index (χ1v) is 7.63. The van der Waals surface area contributed by atoms with Gasteiger partial charge in [0.25, 0.3) is 5.91 Å². The van der Waals surface area contributed by atoms with Gasteiger partial charge in [0.1, 0.15) is 0 Å². The summed E-state index contributed by atoms with van der Waals surface area (Å²) in [4.78, 5) is 29.7. The standard InChI is InChI=1S/C18H18F2N2O3/c1-12(18(24)25-2)10-22(11-13-5-7-21-8-6-13)17(23)14-3-4-15(19)16(20)9-14/h3-9,12H,10-11H2,1-2H3. The monoisotopic (exact) mass is 348 g/mol. The van der Waals surface area contributed by atoms with Crippen LogP contribution < -0.4 is 0 Å². The molecule has 1 heterocycles. The number of benzene rings is 1. The molecule has 0 saturated carbocycles. The van der Waals surface area contributed by atoms with E-state index < -0.39 is 29.4 Å². The van der Waals surface area contributed by atoms with Gasteiger partial charge in [-0.2, -0.15) is 0 Å². The number of aromatic nitrogens is 1. The molecule has 7 heteroatoms. The Bertz CT molecular complexity index is 753. The molecule has 2 aromatic rings. The number of amides is 1. The summed E-state index contributed by atoms with van der Waals surface area (Å²) >= 11 is 0. The minimum atomic E-state index is -1.10. The Morgan fingerprint density at radius 1 is 1.16 bits per heavy atom. The second kappa shape index (κ2) is 8.32. The van der Waals surface area contributed by atoms with Crippen molar-refractivity contribution >= 4 is 11.9 Å². The first kappa shape index (κ1) is 18.5. The molecule has 0 fully saturated rings. The molecule has 1 aromatic heterocycles. The average Bonchev–Trinajstić information content (AvgIpc) is 2.62. The number of methoxy groups -OCH3 is 1. The van der Waals surface area contributed by atoms with Crippen molar-refractivity contribution in [3.05, 3.63) is 65.5 Å². The van der Waals surface area contributed by atoms with Crippen molar-refractivity contribution in [3.63, 3.8) is 0 Å². The number of hydrogen-bond donors (Lipinski definition) is 0. The normalized spacial score (nSPS) is 11.7. The molecule has 0 aliphatic rings. The third kappa shape index (κ3) is 4.82. The molecule has 0 N–H and O–H groups in total. The van der Waals surface area contributed by atoms with Crippen LogP contribution >= 0.6 is 0 Å². The summed E-state index contributed by atoms with van der Waals surface area (Å²) in [6, 6.07) is 6.42. The van der Waals surface area contributed by atoms with Crippen LogP contribution in [0.2, 0.25) is 0 Å². The van der Waals surface area contributed by atoms with Gasteiger partial charge in [-0.05, 0) is 35.9 Å². The molecule has 0 aliphatic carbocycles. The van der Waals surface area contributed by atoms with Crippen LogP contribution in [0.4, 0.5) is 8.78 Å². The molecule has 5 nitrogen and oxygen atoms in total. The minimum Gasteiger partial charge on any atom is -0.469 e. The van der Waals surface area contributed by atoms with Crippen LogP contribution in [0.1, 0.15) is 22.8 Å². The molecule has 0 saturated heterocycles. The Labute approximate surface area is 144 Å². The van der Waals surface area contributed by atoms with Crippen LogP contribution in [0.25, 0.3) is 0 Å². The molecule has 25 heavy (non-hydrogen) atoms. The van der Waals surface area contributed by atoms with Crippen LogP contribution in [0.15, 0.2) is 42.7 Å². The first-order chi connectivity index (χ1) is 11.9. The molecule has 0 spiro atoms. The maximum atomic E-state index is 13.4. The fraction of sp³-hybridized carbons (Fsp3) is 0.278. The molecular formula is C18H18F2N2O3. The van der Waals surface area contributed by atoms with Gasteiger partial charge in [0.05, 0.1) is 13.0 Å². The summed E-state index contributed by atoms with van der Waals surface area (Å²) < 4.78 is 31.2. The molecule has 1 amide bonds. The van der Waals surface area contributed by atoms with Gasteiger partial charge in [0.15, 0.2) is 11.6 Å². The Morgan fingerprint density at radius 3 is 2.44 bits per heavy atom. The van der Waals surface area contributed by atoms with Crippen LogP contribution in [0.3, 0.4) is 0 Å². The zero-order valence-corrected chi connectivity index (χ0v) is 13.9. The fourth-order valence-electron chi connectivity index (χ4n) is 2.35. The Balaban J connectivity index is 2.27. The first-order valence-electron chi connectivity index (χ1n) is 7.63. The summed E-state index contributed by atoms with van der Waals surface area (Å²) in [5.41, 5.74) is 0.799. The third-order valence-corrected chi connectivity index (χ3v) is 3.67. The number of hydrogen-bond acceptors (Lipinski definition) is 4. The molecule has 0 aliphatic heterocycles. The molecule has 1 atom stereocenters. The van der Waals surface area contributed by atoms with E-state index in [1.54, 1.807) is 31.5 Å². The second-order valence-electron chi connectivity index (χ2n) is 5.59. The van der Waals surface area contributed by atoms with Gasteiger partial charge < -0.3 is 9.64 Å². The van der Waals surface area contributed by atoms with E-state index in [0.29, 0.717) is 0 Å². The lowest BCUT2D eigenvalue weighted by atomic mass is 10.1. The lowest BCUT2D eigenvalue weighted by Gasteiger charge is -2.25. The number of pyridine rings is 1. The van der Waals surface area contributed by atoms with Crippen molar-refractivity contribution in [2.75, 3.05) is 13.7 Å². The van der Waals surface area contributed by atoms with Crippen molar-refractivity contribution in [2.45, 2.75) is 13.5 Å². The van der Waals surface area contributed by atoms with Crippen LogP contribution in [-0.4, -0.2) is 35.4 Å². The van der Waals surface area contributed by atoms with Gasteiger partial charge in [-0.3, -0.25) is 14.6 Å². The maximum absolute atomic E-state index is 13.4. The summed E-state index contributed by atoms with van der Waals surface area (Å²) in [7, 11) is 1.27. The van der Waals surface area contributed by atoms with Gasteiger partial charge in [-0.25, -0.2) is 8.78 Å². The topological polar surface area (TPSA) is 59.5 Å². The van der Waals surface area contributed by atoms with E-state index in [-0.39, 0.29) is 18.7 Å². The molecule has 132 valence electrons. The quantitative estimate of drug-likeness (QED) is 0.753. The van der Waals surface area contributed by atoms with E-state index in [0.717, 1.165) is 17.7 Å². The molecule has 1 aromatic carbocycles. The third-order valence-electron chi connectivity index (χ3n) is 3.67. The maximum Gasteiger partial charge on any atom is 0.310 e. The Hall–Kier alpha value is -2.83. The van der Waals surface area contributed by atoms with E-state index in [9.17, 15) is 18.4 Å². The fourth-order valence-corrected chi connectivity index (χ4v) is 2.35. The number of carbonyl (C=O) groups is 2. The smallest absolute Gasteiger partial charge is 0.310 e. The van der Waals surface area contributed by atoms with E-state index in [2.05, 4.69) is 9.72 Å². The Morgan fingerprint density at radius 2 is 1.84 bits per heavy atom. The van der Waals surface area contributed by atoms with Crippen LogP contribution in [-0.2, 0) is 16.1 Å². The summed E-state index contributed by atoms with van der Waals surface area (Å²) in [5, 5.41) is 0.